The fourth-order valence-electron chi connectivity index (χ4n) is 2.62. The van der Waals surface area contributed by atoms with Crippen LogP contribution >= 0.6 is 11.3 Å². The molecular formula is C18H21N3OS. The maximum Gasteiger partial charge on any atom is 0.272 e. The molecule has 0 radical (unpaired) electrons. The Morgan fingerprint density at radius 2 is 2.17 bits per heavy atom. The van der Waals surface area contributed by atoms with Crippen molar-refractivity contribution in [2.24, 2.45) is 5.92 Å². The number of nitrogens with zero attached hydrogens (tertiary/aromatic N) is 2. The van der Waals surface area contributed by atoms with Gasteiger partial charge in [0.1, 0.15) is 5.82 Å². The van der Waals surface area contributed by atoms with E-state index in [9.17, 15) is 4.79 Å². The van der Waals surface area contributed by atoms with Crippen molar-refractivity contribution in [1.29, 1.82) is 0 Å². The van der Waals surface area contributed by atoms with E-state index in [0.29, 0.717) is 18.2 Å². The van der Waals surface area contributed by atoms with E-state index >= 15 is 0 Å². The minimum atomic E-state index is -0.0970. The molecule has 1 N–H and O–H groups in total. The minimum Gasteiger partial charge on any atom is -0.350 e. The number of rotatable bonds is 6. The van der Waals surface area contributed by atoms with Gasteiger partial charge in [0.25, 0.3) is 5.91 Å². The molecule has 3 rings (SSSR count). The number of pyridine rings is 1. The molecule has 0 atom stereocenters. The first-order chi connectivity index (χ1) is 11.1. The molecule has 0 aliphatic carbocycles. The van der Waals surface area contributed by atoms with E-state index in [2.05, 4.69) is 35.6 Å². The zero-order valence-corrected chi connectivity index (χ0v) is 14.3. The van der Waals surface area contributed by atoms with E-state index in [1.807, 2.05) is 34.9 Å². The van der Waals surface area contributed by atoms with Gasteiger partial charge in [0.05, 0.1) is 5.52 Å². The number of nitrogens with one attached hydrogen (secondary N) is 1. The lowest BCUT2D eigenvalue weighted by Crippen LogP contribution is -2.26. The molecule has 0 fully saturated rings. The highest BCUT2D eigenvalue weighted by atomic mass is 32.1. The third-order valence-corrected chi connectivity index (χ3v) is 4.60. The summed E-state index contributed by atoms with van der Waals surface area (Å²) in [7, 11) is 0. The van der Waals surface area contributed by atoms with E-state index < -0.39 is 0 Å². The summed E-state index contributed by atoms with van der Waals surface area (Å²) in [6.07, 6.45) is 3.68. The van der Waals surface area contributed by atoms with Crippen LogP contribution < -0.4 is 5.32 Å². The lowest BCUT2D eigenvalue weighted by atomic mass is 10.1. The quantitative estimate of drug-likeness (QED) is 0.752. The first-order valence-electron chi connectivity index (χ1n) is 7.91. The van der Waals surface area contributed by atoms with Crippen LogP contribution in [-0.4, -0.2) is 21.8 Å². The maximum atomic E-state index is 12.5. The number of carbonyl (C=O) groups excluding carboxylic acids is 1. The predicted octanol–water partition coefficient (Wildman–Crippen LogP) is 3.57. The number of aromatic nitrogens is 2. The Morgan fingerprint density at radius 3 is 2.91 bits per heavy atom. The van der Waals surface area contributed by atoms with Gasteiger partial charge in [0.2, 0.25) is 0 Å². The Balaban J connectivity index is 1.77. The molecule has 0 aliphatic heterocycles. The van der Waals surface area contributed by atoms with Crippen LogP contribution in [0.25, 0.3) is 5.52 Å². The summed E-state index contributed by atoms with van der Waals surface area (Å²) in [5.41, 5.74) is 1.39. The van der Waals surface area contributed by atoms with Crippen molar-refractivity contribution in [2.75, 3.05) is 6.54 Å². The number of fused-ring (bicyclic) bond motifs is 1. The Morgan fingerprint density at radius 1 is 1.30 bits per heavy atom. The van der Waals surface area contributed by atoms with E-state index in [4.69, 9.17) is 0 Å². The van der Waals surface area contributed by atoms with Crippen LogP contribution in [0.15, 0.2) is 41.9 Å². The van der Waals surface area contributed by atoms with Gasteiger partial charge in [-0.3, -0.25) is 4.79 Å². The monoisotopic (exact) mass is 327 g/mol. The molecule has 0 aliphatic rings. The van der Waals surface area contributed by atoms with Gasteiger partial charge in [-0.1, -0.05) is 26.0 Å². The summed E-state index contributed by atoms with van der Waals surface area (Å²) in [5, 5.41) is 5.04. The van der Waals surface area contributed by atoms with Crippen molar-refractivity contribution < 1.29 is 4.79 Å². The molecule has 5 heteroatoms. The van der Waals surface area contributed by atoms with Gasteiger partial charge in [-0.25, -0.2) is 4.98 Å². The van der Waals surface area contributed by atoms with Crippen molar-refractivity contribution in [3.63, 3.8) is 0 Å². The highest BCUT2D eigenvalue weighted by Gasteiger charge is 2.17. The Bertz CT molecular complexity index is 790. The van der Waals surface area contributed by atoms with E-state index in [0.717, 1.165) is 24.2 Å². The van der Waals surface area contributed by atoms with Gasteiger partial charge in [-0.05, 0) is 35.9 Å². The summed E-state index contributed by atoms with van der Waals surface area (Å²) in [6, 6.07) is 9.98. The number of hydrogen-bond acceptors (Lipinski definition) is 3. The second kappa shape index (κ2) is 6.96. The highest BCUT2D eigenvalue weighted by Crippen LogP contribution is 2.16. The van der Waals surface area contributed by atoms with Crippen molar-refractivity contribution in [3.05, 3.63) is 58.3 Å². The number of imidazole rings is 1. The Hall–Kier alpha value is -2.14. The summed E-state index contributed by atoms with van der Waals surface area (Å²) in [4.78, 5) is 18.4. The van der Waals surface area contributed by atoms with Gasteiger partial charge < -0.3 is 9.72 Å². The SMILES string of the molecule is CC(C)Cc1nc(C(=O)NCCc2cccs2)c2ccccn12. The van der Waals surface area contributed by atoms with Gasteiger partial charge in [-0.15, -0.1) is 11.3 Å². The topological polar surface area (TPSA) is 46.4 Å². The molecule has 120 valence electrons. The molecule has 3 aromatic heterocycles. The summed E-state index contributed by atoms with van der Waals surface area (Å²) < 4.78 is 2.02. The molecule has 23 heavy (non-hydrogen) atoms. The third-order valence-electron chi connectivity index (χ3n) is 3.66. The van der Waals surface area contributed by atoms with Crippen LogP contribution in [0.2, 0.25) is 0 Å². The molecule has 1 amide bonds. The van der Waals surface area contributed by atoms with Gasteiger partial charge in [-0.2, -0.15) is 0 Å². The van der Waals surface area contributed by atoms with E-state index in [-0.39, 0.29) is 5.91 Å². The normalized spacial score (nSPS) is 11.3. The van der Waals surface area contributed by atoms with Crippen LogP contribution in [0.1, 0.15) is 35.0 Å². The fourth-order valence-corrected chi connectivity index (χ4v) is 3.32. The molecule has 3 heterocycles. The van der Waals surface area contributed by atoms with Crippen molar-refractivity contribution in [3.8, 4) is 0 Å². The molecule has 0 saturated carbocycles. The average Bonchev–Trinajstić information content (AvgIpc) is 3.15. The summed E-state index contributed by atoms with van der Waals surface area (Å²) in [5.74, 6) is 1.34. The van der Waals surface area contributed by atoms with Crippen molar-refractivity contribution in [2.45, 2.75) is 26.7 Å². The lowest BCUT2D eigenvalue weighted by Gasteiger charge is -2.03. The molecule has 0 aromatic carbocycles. The molecular weight excluding hydrogens is 306 g/mol. The third kappa shape index (κ3) is 3.62. The first-order valence-corrected chi connectivity index (χ1v) is 8.79. The standard InChI is InChI=1S/C18H21N3OS/c1-13(2)12-16-20-17(15-7-3-4-10-21(15)16)18(22)19-9-8-14-6-5-11-23-14/h3-7,10-11,13H,8-9,12H2,1-2H3,(H,19,22). The summed E-state index contributed by atoms with van der Waals surface area (Å²) >= 11 is 1.71. The number of thiophene rings is 1. The van der Waals surface area contributed by atoms with Crippen LogP contribution in [0, 0.1) is 5.92 Å². The lowest BCUT2D eigenvalue weighted by molar-refractivity contribution is 0.0951. The maximum absolute atomic E-state index is 12.5. The number of carbonyl (C=O) groups is 1. The molecule has 0 unspecified atom stereocenters. The zero-order valence-electron chi connectivity index (χ0n) is 13.5. The van der Waals surface area contributed by atoms with Crippen LogP contribution in [0.4, 0.5) is 0 Å². The summed E-state index contributed by atoms with van der Waals surface area (Å²) in [6.45, 7) is 4.94. The van der Waals surface area contributed by atoms with Crippen molar-refractivity contribution in [1.82, 2.24) is 14.7 Å². The van der Waals surface area contributed by atoms with E-state index in [1.165, 1.54) is 4.88 Å². The second-order valence-corrected chi connectivity index (χ2v) is 7.05. The second-order valence-electron chi connectivity index (χ2n) is 6.02. The van der Waals surface area contributed by atoms with Gasteiger partial charge in [0.15, 0.2) is 5.69 Å². The molecule has 4 nitrogen and oxygen atoms in total. The fraction of sp³-hybridized carbons (Fsp3) is 0.333. The van der Waals surface area contributed by atoms with Crippen LogP contribution in [0.3, 0.4) is 0 Å². The molecule has 0 saturated heterocycles. The minimum absolute atomic E-state index is 0.0970. The molecule has 0 spiro atoms. The number of amides is 1. The van der Waals surface area contributed by atoms with Gasteiger partial charge >= 0.3 is 0 Å². The van der Waals surface area contributed by atoms with Crippen LogP contribution in [0.5, 0.6) is 0 Å². The number of hydrogen-bond donors (Lipinski definition) is 1. The largest absolute Gasteiger partial charge is 0.350 e. The van der Waals surface area contributed by atoms with Gasteiger partial charge in [0, 0.05) is 24.0 Å². The van der Waals surface area contributed by atoms with Crippen molar-refractivity contribution >= 4 is 22.8 Å². The first kappa shape index (κ1) is 15.7. The zero-order chi connectivity index (χ0) is 16.2. The average molecular weight is 327 g/mol. The Kier molecular flexibility index (Phi) is 4.76. The van der Waals surface area contributed by atoms with Crippen LogP contribution in [-0.2, 0) is 12.8 Å². The highest BCUT2D eigenvalue weighted by molar-refractivity contribution is 7.09. The molecule has 0 bridgehead atoms. The molecule has 3 aromatic rings. The van der Waals surface area contributed by atoms with E-state index in [1.54, 1.807) is 11.3 Å². The predicted molar refractivity (Wildman–Crippen MR) is 94.1 cm³/mol. The Labute approximate surface area is 140 Å². The smallest absolute Gasteiger partial charge is 0.272 e.